The second-order valence-corrected chi connectivity index (χ2v) is 9.31. The normalized spacial score (nSPS) is 25.8. The lowest BCUT2D eigenvalue weighted by atomic mass is 10.0. The predicted molar refractivity (Wildman–Crippen MR) is 123 cm³/mol. The third-order valence-corrected chi connectivity index (χ3v) is 6.27. The zero-order valence-electron chi connectivity index (χ0n) is 19.4. The molecule has 2 N–H and O–H groups in total. The lowest BCUT2D eigenvalue weighted by Gasteiger charge is -2.37. The number of piperidine rings is 1. The van der Waals surface area contributed by atoms with Crippen molar-refractivity contribution in [3.8, 4) is 0 Å². The van der Waals surface area contributed by atoms with Gasteiger partial charge in [-0.3, -0.25) is 4.40 Å². The molecular formula is C22H27F4N9. The molecule has 35 heavy (non-hydrogen) atoms. The molecule has 3 aromatic heterocycles. The van der Waals surface area contributed by atoms with Gasteiger partial charge in [0.25, 0.3) is 0 Å². The van der Waals surface area contributed by atoms with Gasteiger partial charge in [-0.1, -0.05) is 0 Å². The summed E-state index contributed by atoms with van der Waals surface area (Å²) in [6.45, 7) is 6.44. The Labute approximate surface area is 199 Å². The molecule has 13 heteroatoms. The molecule has 0 bridgehead atoms. The summed E-state index contributed by atoms with van der Waals surface area (Å²) in [5.74, 6) is 1.44. The molecule has 0 aliphatic carbocycles. The summed E-state index contributed by atoms with van der Waals surface area (Å²) < 4.78 is 54.9. The fourth-order valence-corrected chi connectivity index (χ4v) is 4.91. The third-order valence-electron chi connectivity index (χ3n) is 6.27. The molecule has 2 aliphatic heterocycles. The minimum absolute atomic E-state index is 0.0264. The average molecular weight is 494 g/mol. The highest BCUT2D eigenvalue weighted by Gasteiger charge is 2.33. The highest BCUT2D eigenvalue weighted by molar-refractivity contribution is 5.71. The summed E-state index contributed by atoms with van der Waals surface area (Å²) in [6.07, 6.45) is 1.23. The van der Waals surface area contributed by atoms with E-state index in [-0.39, 0.29) is 18.9 Å². The van der Waals surface area contributed by atoms with Crippen LogP contribution in [0.15, 0.2) is 31.0 Å². The Morgan fingerprint density at radius 3 is 2.34 bits per heavy atom. The molecule has 0 saturated carbocycles. The van der Waals surface area contributed by atoms with Gasteiger partial charge in [0.2, 0.25) is 11.9 Å². The van der Waals surface area contributed by atoms with Crippen molar-refractivity contribution in [3.63, 3.8) is 0 Å². The second-order valence-electron chi connectivity index (χ2n) is 9.31. The molecule has 0 amide bonds. The molecule has 0 unspecified atom stereocenters. The number of rotatable bonds is 4. The van der Waals surface area contributed by atoms with Crippen LogP contribution < -0.4 is 20.4 Å². The molecule has 0 radical (unpaired) electrons. The van der Waals surface area contributed by atoms with Crippen LogP contribution in [0.4, 0.5) is 35.3 Å². The first-order valence-corrected chi connectivity index (χ1v) is 11.5. The maximum atomic E-state index is 14.7. The van der Waals surface area contributed by atoms with Gasteiger partial charge in [-0.2, -0.15) is 13.2 Å². The fourth-order valence-electron chi connectivity index (χ4n) is 4.91. The Kier molecular flexibility index (Phi) is 6.11. The van der Waals surface area contributed by atoms with Gasteiger partial charge in [0, 0.05) is 69.0 Å². The predicted octanol–water partition coefficient (Wildman–Crippen LogP) is 2.75. The SMILES string of the molecule is C[C@@H]1CN(c2nccn3c(N4C[C@H](F)C[C@@H](Nc5ncc(C(F)(F)F)cn5)C4)ncc23)C[C@H](C)N1. The van der Waals surface area contributed by atoms with E-state index >= 15 is 0 Å². The van der Waals surface area contributed by atoms with Crippen LogP contribution in [0.25, 0.3) is 5.52 Å². The van der Waals surface area contributed by atoms with Crippen LogP contribution in [0.5, 0.6) is 0 Å². The van der Waals surface area contributed by atoms with Crippen molar-refractivity contribution in [2.75, 3.05) is 41.3 Å². The summed E-state index contributed by atoms with van der Waals surface area (Å²) in [4.78, 5) is 20.8. The van der Waals surface area contributed by atoms with Crippen molar-refractivity contribution in [3.05, 3.63) is 36.5 Å². The number of aromatic nitrogens is 5. The van der Waals surface area contributed by atoms with E-state index in [2.05, 4.69) is 49.3 Å². The van der Waals surface area contributed by atoms with Gasteiger partial charge in [-0.25, -0.2) is 24.3 Å². The van der Waals surface area contributed by atoms with Gasteiger partial charge in [0.15, 0.2) is 5.82 Å². The standard InChI is InChI=1S/C22H27F4N9/c1-13-9-33(10-14(2)31-13)19-18-8-30-21(35(18)4-3-27-19)34-11-16(23)5-17(12-34)32-20-28-6-15(7-29-20)22(24,25)26/h3-4,6-8,13-14,16-17,31H,5,9-12H2,1-2H3,(H,28,29,32)/t13-,14+,16-,17-/m1/s1. The number of fused-ring (bicyclic) bond motifs is 1. The first-order valence-electron chi connectivity index (χ1n) is 11.5. The van der Waals surface area contributed by atoms with Crippen molar-refractivity contribution in [1.29, 1.82) is 0 Å². The highest BCUT2D eigenvalue weighted by atomic mass is 19.4. The number of hydrogen-bond donors (Lipinski definition) is 2. The lowest BCUT2D eigenvalue weighted by Crippen LogP contribution is -2.54. The first-order chi connectivity index (χ1) is 16.7. The fraction of sp³-hybridized carbons (Fsp3) is 0.545. The molecule has 0 spiro atoms. The molecule has 0 aromatic carbocycles. The number of nitrogens with zero attached hydrogens (tertiary/aromatic N) is 7. The van der Waals surface area contributed by atoms with Crippen molar-refractivity contribution in [1.82, 2.24) is 29.7 Å². The van der Waals surface area contributed by atoms with Crippen molar-refractivity contribution in [2.45, 2.75) is 50.7 Å². The molecule has 188 valence electrons. The number of anilines is 3. The maximum absolute atomic E-state index is 14.7. The zero-order chi connectivity index (χ0) is 24.7. The van der Waals surface area contributed by atoms with Crippen LogP contribution >= 0.6 is 0 Å². The van der Waals surface area contributed by atoms with Crippen LogP contribution in [-0.2, 0) is 6.18 Å². The van der Waals surface area contributed by atoms with Crippen LogP contribution in [0.2, 0.25) is 0 Å². The first kappa shape index (κ1) is 23.5. The maximum Gasteiger partial charge on any atom is 0.419 e. The summed E-state index contributed by atoms with van der Waals surface area (Å²) >= 11 is 0. The van der Waals surface area contributed by atoms with Crippen LogP contribution in [-0.4, -0.2) is 74.8 Å². The molecular weight excluding hydrogens is 466 g/mol. The minimum atomic E-state index is -4.51. The van der Waals surface area contributed by atoms with Gasteiger partial charge in [0.1, 0.15) is 11.7 Å². The number of nitrogens with one attached hydrogen (secondary N) is 2. The number of halogens is 4. The smallest absolute Gasteiger partial charge is 0.352 e. The Morgan fingerprint density at radius 2 is 1.66 bits per heavy atom. The Balaban J connectivity index is 1.36. The van der Waals surface area contributed by atoms with E-state index in [1.54, 1.807) is 18.6 Å². The van der Waals surface area contributed by atoms with Gasteiger partial charge in [0.05, 0.1) is 18.3 Å². The summed E-state index contributed by atoms with van der Waals surface area (Å²) in [5.41, 5.74) is -0.0985. The van der Waals surface area contributed by atoms with E-state index in [0.717, 1.165) is 36.8 Å². The van der Waals surface area contributed by atoms with E-state index < -0.39 is 24.0 Å². The highest BCUT2D eigenvalue weighted by Crippen LogP contribution is 2.29. The summed E-state index contributed by atoms with van der Waals surface area (Å²) in [5, 5.41) is 6.48. The molecule has 5 heterocycles. The molecule has 2 saturated heterocycles. The second kappa shape index (κ2) is 9.10. The molecule has 9 nitrogen and oxygen atoms in total. The Morgan fingerprint density at radius 1 is 0.943 bits per heavy atom. The van der Waals surface area contributed by atoms with Gasteiger partial charge < -0.3 is 20.4 Å². The van der Waals surface area contributed by atoms with E-state index in [1.165, 1.54) is 0 Å². The largest absolute Gasteiger partial charge is 0.419 e. The topological polar surface area (TPSA) is 86.5 Å². The van der Waals surface area contributed by atoms with Crippen molar-refractivity contribution in [2.24, 2.45) is 0 Å². The summed E-state index contributed by atoms with van der Waals surface area (Å²) in [7, 11) is 0. The minimum Gasteiger partial charge on any atom is -0.352 e. The Bertz CT molecular complexity index is 1160. The van der Waals surface area contributed by atoms with E-state index in [9.17, 15) is 17.6 Å². The molecule has 3 aromatic rings. The van der Waals surface area contributed by atoms with Gasteiger partial charge >= 0.3 is 6.18 Å². The van der Waals surface area contributed by atoms with Crippen LogP contribution in [0.1, 0.15) is 25.8 Å². The average Bonchev–Trinajstić information content (AvgIpc) is 3.22. The summed E-state index contributed by atoms with van der Waals surface area (Å²) in [6, 6.07) is 0.229. The number of hydrogen-bond acceptors (Lipinski definition) is 8. The van der Waals surface area contributed by atoms with Crippen molar-refractivity contribution < 1.29 is 17.6 Å². The number of piperazine rings is 1. The monoisotopic (exact) mass is 493 g/mol. The van der Waals surface area contributed by atoms with E-state index in [4.69, 9.17) is 0 Å². The van der Waals surface area contributed by atoms with Gasteiger partial charge in [-0.15, -0.1) is 0 Å². The molecule has 5 rings (SSSR count). The number of imidazole rings is 1. The molecule has 2 aliphatic rings. The van der Waals surface area contributed by atoms with Crippen LogP contribution in [0.3, 0.4) is 0 Å². The lowest BCUT2D eigenvalue weighted by molar-refractivity contribution is -0.138. The van der Waals surface area contributed by atoms with E-state index in [0.29, 0.717) is 24.6 Å². The molecule has 2 fully saturated rings. The number of alkyl halides is 4. The molecule has 4 atom stereocenters. The quantitative estimate of drug-likeness (QED) is 0.537. The Hall–Kier alpha value is -3.22. The van der Waals surface area contributed by atoms with Crippen LogP contribution in [0, 0.1) is 0 Å². The van der Waals surface area contributed by atoms with E-state index in [1.807, 2.05) is 9.30 Å². The third kappa shape index (κ3) is 4.95. The van der Waals surface area contributed by atoms with Gasteiger partial charge in [-0.05, 0) is 13.8 Å². The van der Waals surface area contributed by atoms with Crippen molar-refractivity contribution >= 4 is 23.2 Å². The zero-order valence-corrected chi connectivity index (χ0v) is 19.4.